The summed E-state index contributed by atoms with van der Waals surface area (Å²) in [6, 6.07) is 6.67. The van der Waals surface area contributed by atoms with Crippen LogP contribution in [0, 0.1) is 5.82 Å². The molecule has 0 aliphatic rings. The normalized spacial score (nSPS) is 11.7. The van der Waals surface area contributed by atoms with Crippen LogP contribution in [0.15, 0.2) is 24.3 Å². The molecule has 1 rings (SSSR count). The summed E-state index contributed by atoms with van der Waals surface area (Å²) in [4.78, 5) is 0. The maximum Gasteiger partial charge on any atom is 0.123 e. The van der Waals surface area contributed by atoms with Crippen molar-refractivity contribution in [2.24, 2.45) is 0 Å². The van der Waals surface area contributed by atoms with E-state index in [1.54, 1.807) is 0 Å². The van der Waals surface area contributed by atoms with Gasteiger partial charge in [-0.2, -0.15) is 0 Å². The molecule has 0 aliphatic heterocycles. The molecule has 0 amide bonds. The van der Waals surface area contributed by atoms with Crippen LogP contribution in [-0.4, -0.2) is 13.6 Å². The van der Waals surface area contributed by atoms with Crippen LogP contribution in [0.1, 0.15) is 0 Å². The summed E-state index contributed by atoms with van der Waals surface area (Å²) >= 11 is 5.84. The number of benzene rings is 1. The fourth-order valence-electron chi connectivity index (χ4n) is 0.978. The number of hydrogen-bond donors (Lipinski definition) is 0. The summed E-state index contributed by atoms with van der Waals surface area (Å²) in [6.45, 7) is 4.35. The van der Waals surface area contributed by atoms with Gasteiger partial charge in [0.15, 0.2) is 0 Å². The van der Waals surface area contributed by atoms with E-state index in [9.17, 15) is 4.39 Å². The van der Waals surface area contributed by atoms with Gasteiger partial charge in [0.25, 0.3) is 0 Å². The van der Waals surface area contributed by atoms with Crippen molar-refractivity contribution in [2.45, 2.75) is 13.1 Å². The van der Waals surface area contributed by atoms with E-state index in [0.717, 1.165) is 0 Å². The van der Waals surface area contributed by atoms with Gasteiger partial charge in [0.1, 0.15) is 5.82 Å². The first-order valence-corrected chi connectivity index (χ1v) is 7.62. The summed E-state index contributed by atoms with van der Waals surface area (Å²) in [7, 11) is -1.48. The van der Waals surface area contributed by atoms with Gasteiger partial charge in [0, 0.05) is 5.50 Å². The minimum Gasteiger partial charge on any atom is -0.207 e. The fourth-order valence-corrected chi connectivity index (χ4v) is 2.66. The van der Waals surface area contributed by atoms with Crippen molar-refractivity contribution in [3.63, 3.8) is 0 Å². The van der Waals surface area contributed by atoms with Crippen molar-refractivity contribution in [1.82, 2.24) is 0 Å². The summed E-state index contributed by atoms with van der Waals surface area (Å²) in [5, 5.41) is 1.21. The molecule has 0 saturated carbocycles. The molecule has 66 valence electrons. The SMILES string of the molecule is C[Si](C)(CCl)c1ccc(F)cc1. The minimum absolute atomic E-state index is 0.182. The van der Waals surface area contributed by atoms with Crippen molar-refractivity contribution in [3.05, 3.63) is 30.1 Å². The second kappa shape index (κ2) is 3.58. The highest BCUT2D eigenvalue weighted by molar-refractivity contribution is 6.94. The smallest absolute Gasteiger partial charge is 0.123 e. The number of hydrogen-bond acceptors (Lipinski definition) is 0. The fraction of sp³-hybridized carbons (Fsp3) is 0.333. The third kappa shape index (κ3) is 2.08. The molecule has 0 nitrogen and oxygen atoms in total. The van der Waals surface area contributed by atoms with Crippen LogP contribution in [0.2, 0.25) is 13.1 Å². The second-order valence-corrected chi connectivity index (χ2v) is 8.94. The van der Waals surface area contributed by atoms with E-state index in [2.05, 4.69) is 13.1 Å². The van der Waals surface area contributed by atoms with Gasteiger partial charge < -0.3 is 0 Å². The number of rotatable bonds is 2. The van der Waals surface area contributed by atoms with Crippen LogP contribution in [0.25, 0.3) is 0 Å². The Morgan fingerprint density at radius 2 is 1.75 bits per heavy atom. The maximum absolute atomic E-state index is 12.6. The van der Waals surface area contributed by atoms with Crippen LogP contribution >= 0.6 is 11.6 Å². The Balaban J connectivity index is 2.96. The molecule has 0 saturated heterocycles. The maximum atomic E-state index is 12.6. The van der Waals surface area contributed by atoms with Gasteiger partial charge in [-0.15, -0.1) is 11.6 Å². The lowest BCUT2D eigenvalue weighted by Crippen LogP contribution is -2.43. The molecule has 0 bridgehead atoms. The summed E-state index contributed by atoms with van der Waals surface area (Å²) in [5.74, 6) is -0.182. The monoisotopic (exact) mass is 202 g/mol. The van der Waals surface area contributed by atoms with Crippen LogP contribution in [0.4, 0.5) is 4.39 Å². The first-order chi connectivity index (χ1) is 5.56. The predicted octanol–water partition coefficient (Wildman–Crippen LogP) is 2.52. The zero-order chi connectivity index (χ0) is 9.19. The van der Waals surface area contributed by atoms with Gasteiger partial charge in [-0.05, 0) is 12.1 Å². The third-order valence-corrected chi connectivity index (χ3v) is 6.53. The van der Waals surface area contributed by atoms with Crippen molar-refractivity contribution in [3.8, 4) is 0 Å². The Bertz CT molecular complexity index is 256. The van der Waals surface area contributed by atoms with Crippen molar-refractivity contribution in [1.29, 1.82) is 0 Å². The summed E-state index contributed by atoms with van der Waals surface area (Å²) in [6.07, 6.45) is 0. The highest BCUT2D eigenvalue weighted by atomic mass is 35.5. The molecule has 0 unspecified atom stereocenters. The lowest BCUT2D eigenvalue weighted by atomic mass is 10.3. The van der Waals surface area contributed by atoms with Crippen molar-refractivity contribution in [2.75, 3.05) is 5.50 Å². The third-order valence-electron chi connectivity index (χ3n) is 1.96. The first-order valence-electron chi connectivity index (χ1n) is 3.88. The number of halogens is 2. The average molecular weight is 203 g/mol. The van der Waals surface area contributed by atoms with Crippen LogP contribution in [0.3, 0.4) is 0 Å². The Morgan fingerprint density at radius 3 is 2.17 bits per heavy atom. The molecule has 0 fully saturated rings. The lowest BCUT2D eigenvalue weighted by molar-refractivity contribution is 0.628. The molecule has 0 heterocycles. The van der Waals surface area contributed by atoms with E-state index >= 15 is 0 Å². The highest BCUT2D eigenvalue weighted by Crippen LogP contribution is 2.06. The summed E-state index contributed by atoms with van der Waals surface area (Å²) in [5.41, 5.74) is 0.679. The van der Waals surface area contributed by atoms with Gasteiger partial charge in [-0.1, -0.05) is 30.4 Å². The van der Waals surface area contributed by atoms with E-state index < -0.39 is 8.07 Å². The van der Waals surface area contributed by atoms with Gasteiger partial charge in [0.05, 0.1) is 8.07 Å². The van der Waals surface area contributed by atoms with Crippen LogP contribution in [-0.2, 0) is 0 Å². The van der Waals surface area contributed by atoms with E-state index in [1.165, 1.54) is 17.3 Å². The molecule has 0 aliphatic carbocycles. The zero-order valence-corrected chi connectivity index (χ0v) is 9.03. The zero-order valence-electron chi connectivity index (χ0n) is 7.27. The lowest BCUT2D eigenvalue weighted by Gasteiger charge is -2.18. The van der Waals surface area contributed by atoms with Crippen LogP contribution in [0.5, 0.6) is 0 Å². The second-order valence-electron chi connectivity index (χ2n) is 3.52. The molecule has 1 aromatic carbocycles. The Hall–Kier alpha value is -0.343. The van der Waals surface area contributed by atoms with E-state index in [4.69, 9.17) is 11.6 Å². The largest absolute Gasteiger partial charge is 0.207 e. The average Bonchev–Trinajstić information content (AvgIpc) is 2.05. The Morgan fingerprint density at radius 1 is 1.25 bits per heavy atom. The molecule has 1 aromatic rings. The Labute approximate surface area is 78.4 Å². The quantitative estimate of drug-likeness (QED) is 0.511. The minimum atomic E-state index is -1.48. The molecular formula is C9H12ClFSi. The molecule has 0 N–H and O–H groups in total. The molecule has 0 spiro atoms. The Kier molecular flexibility index (Phi) is 2.91. The van der Waals surface area contributed by atoms with Crippen molar-refractivity contribution >= 4 is 24.9 Å². The van der Waals surface area contributed by atoms with Gasteiger partial charge in [-0.25, -0.2) is 4.39 Å². The molecule has 12 heavy (non-hydrogen) atoms. The first kappa shape index (κ1) is 9.74. The van der Waals surface area contributed by atoms with E-state index in [1.807, 2.05) is 12.1 Å². The van der Waals surface area contributed by atoms with Crippen molar-refractivity contribution < 1.29 is 4.39 Å². The highest BCUT2D eigenvalue weighted by Gasteiger charge is 2.21. The molecule has 0 radical (unpaired) electrons. The predicted molar refractivity (Wildman–Crippen MR) is 54.2 cm³/mol. The topological polar surface area (TPSA) is 0 Å². The van der Waals surface area contributed by atoms with Gasteiger partial charge in [-0.3, -0.25) is 0 Å². The van der Waals surface area contributed by atoms with Gasteiger partial charge >= 0.3 is 0 Å². The van der Waals surface area contributed by atoms with Crippen LogP contribution < -0.4 is 5.19 Å². The molecular weight excluding hydrogens is 191 g/mol. The molecule has 0 atom stereocenters. The van der Waals surface area contributed by atoms with Gasteiger partial charge in [0.2, 0.25) is 0 Å². The number of alkyl halides is 1. The van der Waals surface area contributed by atoms with E-state index in [0.29, 0.717) is 5.50 Å². The standard InChI is InChI=1S/C9H12ClFSi/c1-12(2,7-10)9-5-3-8(11)4-6-9/h3-6H,7H2,1-2H3. The molecule has 0 aromatic heterocycles. The van der Waals surface area contributed by atoms with E-state index in [-0.39, 0.29) is 5.82 Å². The summed E-state index contributed by atoms with van der Waals surface area (Å²) < 4.78 is 12.6. The molecule has 3 heteroatoms.